The summed E-state index contributed by atoms with van der Waals surface area (Å²) in [6.07, 6.45) is 2.41. The number of hydrogen-bond acceptors (Lipinski definition) is 5. The standard InChI is InChI=1S/C12H16N2O5/c1-3-6-10(12(16)19-4-2)13-8-5-7-9(11(13)15)14(17)18/h5,7-8,10H,3-4,6H2,1-2H3. The van der Waals surface area contributed by atoms with E-state index in [1.807, 2.05) is 6.92 Å². The average molecular weight is 268 g/mol. The quantitative estimate of drug-likeness (QED) is 0.444. The first kappa shape index (κ1) is 14.9. The highest BCUT2D eigenvalue weighted by Gasteiger charge is 2.25. The molecule has 1 atom stereocenters. The lowest BCUT2D eigenvalue weighted by Gasteiger charge is -2.17. The van der Waals surface area contributed by atoms with E-state index in [1.165, 1.54) is 12.3 Å². The molecular weight excluding hydrogens is 252 g/mol. The molecule has 0 saturated carbocycles. The lowest BCUT2D eigenvalue weighted by molar-refractivity contribution is -0.386. The van der Waals surface area contributed by atoms with Gasteiger partial charge in [-0.3, -0.25) is 19.5 Å². The maximum Gasteiger partial charge on any atom is 0.334 e. The topological polar surface area (TPSA) is 91.4 Å². The van der Waals surface area contributed by atoms with Gasteiger partial charge in [0.15, 0.2) is 0 Å². The number of carbonyl (C=O) groups is 1. The van der Waals surface area contributed by atoms with Crippen molar-refractivity contribution >= 4 is 11.7 Å². The number of esters is 1. The van der Waals surface area contributed by atoms with Gasteiger partial charge in [-0.25, -0.2) is 4.79 Å². The first-order valence-electron chi connectivity index (χ1n) is 6.05. The Kier molecular flexibility index (Phi) is 5.23. The molecule has 0 saturated heterocycles. The molecule has 0 aliphatic rings. The summed E-state index contributed by atoms with van der Waals surface area (Å²) >= 11 is 0. The fraction of sp³-hybridized carbons (Fsp3) is 0.500. The summed E-state index contributed by atoms with van der Waals surface area (Å²) in [4.78, 5) is 33.7. The van der Waals surface area contributed by atoms with Crippen molar-refractivity contribution in [2.75, 3.05) is 6.61 Å². The molecule has 0 aliphatic heterocycles. The number of pyridine rings is 1. The Labute approximate surface area is 110 Å². The van der Waals surface area contributed by atoms with Crippen LogP contribution in [0, 0.1) is 10.1 Å². The molecule has 7 heteroatoms. The predicted molar refractivity (Wildman–Crippen MR) is 67.9 cm³/mol. The second kappa shape index (κ2) is 6.67. The highest BCUT2D eigenvalue weighted by atomic mass is 16.6. The van der Waals surface area contributed by atoms with Crippen LogP contribution in [0.25, 0.3) is 0 Å². The van der Waals surface area contributed by atoms with Crippen molar-refractivity contribution in [1.29, 1.82) is 0 Å². The predicted octanol–water partition coefficient (Wildman–Crippen LogP) is 1.66. The molecule has 0 spiro atoms. The Bertz CT molecular complexity index is 523. The van der Waals surface area contributed by atoms with Crippen molar-refractivity contribution in [3.05, 3.63) is 38.8 Å². The van der Waals surface area contributed by atoms with Crippen LogP contribution in [0.2, 0.25) is 0 Å². The van der Waals surface area contributed by atoms with E-state index in [1.54, 1.807) is 6.92 Å². The van der Waals surface area contributed by atoms with Gasteiger partial charge in [-0.2, -0.15) is 0 Å². The minimum Gasteiger partial charge on any atom is -0.464 e. The third-order valence-corrected chi connectivity index (χ3v) is 2.61. The van der Waals surface area contributed by atoms with E-state index in [-0.39, 0.29) is 6.61 Å². The Morgan fingerprint density at radius 3 is 2.74 bits per heavy atom. The van der Waals surface area contributed by atoms with E-state index in [2.05, 4.69) is 0 Å². The molecule has 1 unspecified atom stereocenters. The molecule has 0 fully saturated rings. The molecule has 1 aromatic rings. The molecular formula is C12H16N2O5. The van der Waals surface area contributed by atoms with Gasteiger partial charge in [-0.1, -0.05) is 13.3 Å². The summed E-state index contributed by atoms with van der Waals surface area (Å²) in [6, 6.07) is 1.67. The second-order valence-corrected chi connectivity index (χ2v) is 3.92. The van der Waals surface area contributed by atoms with Gasteiger partial charge in [-0.15, -0.1) is 0 Å². The normalized spacial score (nSPS) is 11.9. The summed E-state index contributed by atoms with van der Waals surface area (Å²) in [5, 5.41) is 10.7. The zero-order valence-corrected chi connectivity index (χ0v) is 10.9. The van der Waals surface area contributed by atoms with Gasteiger partial charge in [0.1, 0.15) is 6.04 Å². The van der Waals surface area contributed by atoms with Crippen LogP contribution in [0.4, 0.5) is 5.69 Å². The molecule has 0 N–H and O–H groups in total. The maximum atomic E-state index is 11.9. The van der Waals surface area contributed by atoms with Gasteiger partial charge in [0.05, 0.1) is 11.5 Å². The van der Waals surface area contributed by atoms with Crippen LogP contribution in [0.5, 0.6) is 0 Å². The van der Waals surface area contributed by atoms with E-state index in [0.717, 1.165) is 10.6 Å². The Balaban J connectivity index is 3.23. The zero-order chi connectivity index (χ0) is 14.4. The SMILES string of the molecule is CCCC(C(=O)OCC)n1cccc([N+](=O)[O-])c1=O. The molecule has 0 radical (unpaired) electrons. The number of hydrogen-bond donors (Lipinski definition) is 0. The Morgan fingerprint density at radius 2 is 2.21 bits per heavy atom. The summed E-state index contributed by atoms with van der Waals surface area (Å²) in [5.41, 5.74) is -1.34. The number of nitro groups is 1. The summed E-state index contributed by atoms with van der Waals surface area (Å²) in [6.45, 7) is 3.72. The van der Waals surface area contributed by atoms with Gasteiger partial charge in [-0.05, 0) is 19.4 Å². The van der Waals surface area contributed by atoms with Crippen molar-refractivity contribution in [1.82, 2.24) is 4.57 Å². The van der Waals surface area contributed by atoms with E-state index in [9.17, 15) is 19.7 Å². The second-order valence-electron chi connectivity index (χ2n) is 3.92. The van der Waals surface area contributed by atoms with Gasteiger partial charge in [0, 0.05) is 12.3 Å². The van der Waals surface area contributed by atoms with Gasteiger partial charge in [0.25, 0.3) is 0 Å². The molecule has 104 valence electrons. The van der Waals surface area contributed by atoms with Crippen LogP contribution >= 0.6 is 0 Å². The molecule has 0 bridgehead atoms. The minimum atomic E-state index is -0.822. The fourth-order valence-electron chi connectivity index (χ4n) is 1.76. The van der Waals surface area contributed by atoms with Crippen LogP contribution in [-0.2, 0) is 9.53 Å². The fourth-order valence-corrected chi connectivity index (χ4v) is 1.76. The van der Waals surface area contributed by atoms with Crippen molar-refractivity contribution in [2.45, 2.75) is 32.7 Å². The number of ether oxygens (including phenoxy) is 1. The zero-order valence-electron chi connectivity index (χ0n) is 10.9. The van der Waals surface area contributed by atoms with Gasteiger partial charge >= 0.3 is 17.2 Å². The van der Waals surface area contributed by atoms with Crippen LogP contribution in [0.1, 0.15) is 32.7 Å². The first-order valence-corrected chi connectivity index (χ1v) is 6.05. The molecule has 0 aliphatic carbocycles. The van der Waals surface area contributed by atoms with Crippen LogP contribution in [-0.4, -0.2) is 22.1 Å². The number of nitrogens with zero attached hydrogens (tertiary/aromatic N) is 2. The first-order chi connectivity index (χ1) is 9.02. The van der Waals surface area contributed by atoms with E-state index in [0.29, 0.717) is 12.8 Å². The molecule has 1 rings (SSSR count). The third-order valence-electron chi connectivity index (χ3n) is 2.61. The monoisotopic (exact) mass is 268 g/mol. The van der Waals surface area contributed by atoms with Gasteiger partial charge in [0.2, 0.25) is 0 Å². The van der Waals surface area contributed by atoms with Crippen molar-refractivity contribution in [2.24, 2.45) is 0 Å². The number of carbonyl (C=O) groups excluding carboxylic acids is 1. The third kappa shape index (κ3) is 3.40. The maximum absolute atomic E-state index is 11.9. The summed E-state index contributed by atoms with van der Waals surface area (Å²) < 4.78 is 5.97. The van der Waals surface area contributed by atoms with Crippen LogP contribution in [0.15, 0.2) is 23.1 Å². The van der Waals surface area contributed by atoms with E-state index >= 15 is 0 Å². The molecule has 0 amide bonds. The molecule has 0 aromatic carbocycles. The molecule has 1 heterocycles. The van der Waals surface area contributed by atoms with Crippen LogP contribution < -0.4 is 5.56 Å². The van der Waals surface area contributed by atoms with E-state index in [4.69, 9.17) is 4.74 Å². The minimum absolute atomic E-state index is 0.197. The number of aromatic nitrogens is 1. The van der Waals surface area contributed by atoms with Crippen molar-refractivity contribution in [3.63, 3.8) is 0 Å². The van der Waals surface area contributed by atoms with Crippen molar-refractivity contribution in [3.8, 4) is 0 Å². The van der Waals surface area contributed by atoms with Gasteiger partial charge < -0.3 is 4.74 Å². The average Bonchev–Trinajstić information content (AvgIpc) is 2.36. The molecule has 19 heavy (non-hydrogen) atoms. The largest absolute Gasteiger partial charge is 0.464 e. The molecule has 7 nitrogen and oxygen atoms in total. The lowest BCUT2D eigenvalue weighted by atomic mass is 10.1. The van der Waals surface area contributed by atoms with Crippen LogP contribution in [0.3, 0.4) is 0 Å². The highest BCUT2D eigenvalue weighted by Crippen LogP contribution is 2.15. The Hall–Kier alpha value is -2.18. The number of rotatable bonds is 6. The van der Waals surface area contributed by atoms with E-state index < -0.39 is 28.2 Å². The molecule has 1 aromatic heterocycles. The Morgan fingerprint density at radius 1 is 1.53 bits per heavy atom. The lowest BCUT2D eigenvalue weighted by Crippen LogP contribution is -2.31. The smallest absolute Gasteiger partial charge is 0.334 e. The summed E-state index contributed by atoms with van der Waals surface area (Å²) in [7, 11) is 0. The highest BCUT2D eigenvalue weighted by molar-refractivity contribution is 5.74. The summed E-state index contributed by atoms with van der Waals surface area (Å²) in [5.74, 6) is -0.549. The van der Waals surface area contributed by atoms with Crippen molar-refractivity contribution < 1.29 is 14.5 Å².